The molecule has 2 rings (SSSR count). The van der Waals surface area contributed by atoms with Gasteiger partial charge in [0.2, 0.25) is 0 Å². The monoisotopic (exact) mass is 534 g/mol. The van der Waals surface area contributed by atoms with Crippen LogP contribution in [0.1, 0.15) is 42.4 Å². The molecular formula is C20H23IO7S. The zero-order valence-corrected chi connectivity index (χ0v) is 19.5. The first kappa shape index (κ1) is 23.3. The summed E-state index contributed by atoms with van der Waals surface area (Å²) in [6, 6.07) is 6.26. The van der Waals surface area contributed by atoms with Crippen LogP contribution in [0.5, 0.6) is 17.2 Å². The minimum atomic E-state index is -4.12. The Morgan fingerprint density at radius 1 is 1.17 bits per heavy atom. The fourth-order valence-electron chi connectivity index (χ4n) is 2.94. The summed E-state index contributed by atoms with van der Waals surface area (Å²) in [6.45, 7) is 5.19. The second-order valence-corrected chi connectivity index (χ2v) is 9.37. The van der Waals surface area contributed by atoms with Crippen LogP contribution in [0.3, 0.4) is 0 Å². The van der Waals surface area contributed by atoms with E-state index in [0.717, 1.165) is 5.56 Å². The number of halogens is 1. The molecule has 158 valence electrons. The maximum atomic E-state index is 12.8. The first-order valence-electron chi connectivity index (χ1n) is 8.81. The molecule has 0 spiro atoms. The van der Waals surface area contributed by atoms with Gasteiger partial charge in [-0.25, -0.2) is 0 Å². The quantitative estimate of drug-likeness (QED) is 0.383. The van der Waals surface area contributed by atoms with Crippen LogP contribution in [0.2, 0.25) is 0 Å². The molecule has 7 nitrogen and oxygen atoms in total. The summed E-state index contributed by atoms with van der Waals surface area (Å²) in [5.41, 5.74) is 1.64. The van der Waals surface area contributed by atoms with Gasteiger partial charge in [0.1, 0.15) is 4.90 Å². The zero-order chi connectivity index (χ0) is 21.9. The fraction of sp³-hybridized carbons (Fsp3) is 0.350. The van der Waals surface area contributed by atoms with Crippen molar-refractivity contribution in [3.63, 3.8) is 0 Å². The standard InChI is InChI=1S/C20H23IO7S/c1-11-5-8-14(9-6-11)29(25,26)28-19-13(3)20(27-4)18(24)16(17(19)21)12(2)7-10-15(22)23/h5-6,8-9,12,24H,7,10H2,1-4H3,(H,22,23). The third-order valence-electron chi connectivity index (χ3n) is 4.58. The Kier molecular flexibility index (Phi) is 7.39. The van der Waals surface area contributed by atoms with Gasteiger partial charge in [0.25, 0.3) is 0 Å². The highest BCUT2D eigenvalue weighted by Gasteiger charge is 2.29. The molecule has 0 fully saturated rings. The molecule has 0 aromatic heterocycles. The number of carboxylic acids is 1. The molecule has 9 heteroatoms. The van der Waals surface area contributed by atoms with Crippen LogP contribution in [-0.2, 0) is 14.9 Å². The largest absolute Gasteiger partial charge is 0.504 e. The Bertz CT molecular complexity index is 1010. The van der Waals surface area contributed by atoms with E-state index in [9.17, 15) is 18.3 Å². The number of carboxylic acid groups (broad SMARTS) is 1. The van der Waals surface area contributed by atoms with Crippen LogP contribution >= 0.6 is 22.6 Å². The van der Waals surface area contributed by atoms with E-state index in [0.29, 0.717) is 14.7 Å². The van der Waals surface area contributed by atoms with Crippen molar-refractivity contribution in [3.8, 4) is 17.2 Å². The molecule has 0 saturated heterocycles. The first-order valence-corrected chi connectivity index (χ1v) is 11.3. The Hall–Kier alpha value is -2.01. The summed E-state index contributed by atoms with van der Waals surface area (Å²) in [4.78, 5) is 10.9. The van der Waals surface area contributed by atoms with Crippen molar-refractivity contribution in [3.05, 3.63) is 44.5 Å². The van der Waals surface area contributed by atoms with Crippen molar-refractivity contribution < 1.29 is 32.3 Å². The van der Waals surface area contributed by atoms with Crippen LogP contribution < -0.4 is 8.92 Å². The zero-order valence-electron chi connectivity index (χ0n) is 16.5. The lowest BCUT2D eigenvalue weighted by atomic mass is 9.93. The number of aromatic hydroxyl groups is 1. The molecule has 0 aliphatic carbocycles. The average molecular weight is 534 g/mol. The number of methoxy groups -OCH3 is 1. The number of rotatable bonds is 8. The van der Waals surface area contributed by atoms with Crippen molar-refractivity contribution >= 4 is 38.7 Å². The number of carbonyl (C=O) groups is 1. The summed E-state index contributed by atoms with van der Waals surface area (Å²) >= 11 is 1.91. The molecule has 29 heavy (non-hydrogen) atoms. The van der Waals surface area contributed by atoms with Crippen molar-refractivity contribution in [2.24, 2.45) is 0 Å². The third kappa shape index (κ3) is 5.13. The van der Waals surface area contributed by atoms with Gasteiger partial charge in [-0.3, -0.25) is 4.79 Å². The van der Waals surface area contributed by atoms with E-state index in [1.807, 2.05) is 29.5 Å². The summed E-state index contributed by atoms with van der Waals surface area (Å²) in [6.07, 6.45) is 0.167. The van der Waals surface area contributed by atoms with Crippen molar-refractivity contribution in [1.29, 1.82) is 0 Å². The smallest absolute Gasteiger partial charge is 0.339 e. The first-order chi connectivity index (χ1) is 13.5. The van der Waals surface area contributed by atoms with Crippen LogP contribution in [-0.4, -0.2) is 31.7 Å². The number of aliphatic carboxylic acids is 1. The highest BCUT2D eigenvalue weighted by atomic mass is 127. The van der Waals surface area contributed by atoms with Crippen LogP contribution in [0.4, 0.5) is 0 Å². The maximum absolute atomic E-state index is 12.8. The number of phenols is 1. The Balaban J connectivity index is 2.57. The molecule has 0 saturated carbocycles. The Labute approximate surface area is 183 Å². The lowest BCUT2D eigenvalue weighted by Crippen LogP contribution is -2.13. The van der Waals surface area contributed by atoms with E-state index in [2.05, 4.69) is 0 Å². The predicted octanol–water partition coefficient (Wildman–Crippen LogP) is 4.36. The molecule has 0 radical (unpaired) electrons. The fourth-order valence-corrected chi connectivity index (χ4v) is 5.38. The highest BCUT2D eigenvalue weighted by molar-refractivity contribution is 14.1. The normalized spacial score (nSPS) is 12.4. The number of hydrogen-bond donors (Lipinski definition) is 2. The minimum Gasteiger partial charge on any atom is -0.504 e. The van der Waals surface area contributed by atoms with E-state index in [1.165, 1.54) is 19.2 Å². The summed E-state index contributed by atoms with van der Waals surface area (Å²) in [5, 5.41) is 19.6. The SMILES string of the molecule is COc1c(C)c(OS(=O)(=O)c2ccc(C)cc2)c(I)c(C(C)CCC(=O)O)c1O. The number of hydrogen-bond acceptors (Lipinski definition) is 6. The molecule has 2 aromatic rings. The lowest BCUT2D eigenvalue weighted by molar-refractivity contribution is -0.137. The van der Waals surface area contributed by atoms with Gasteiger partial charge in [0, 0.05) is 17.5 Å². The molecule has 2 N–H and O–H groups in total. The van der Waals surface area contributed by atoms with Gasteiger partial charge < -0.3 is 19.1 Å². The summed E-state index contributed by atoms with van der Waals surface area (Å²) < 4.78 is 36.7. The summed E-state index contributed by atoms with van der Waals surface area (Å²) in [7, 11) is -2.76. The van der Waals surface area contributed by atoms with E-state index < -0.39 is 16.1 Å². The van der Waals surface area contributed by atoms with Gasteiger partial charge in [0.05, 0.1) is 10.7 Å². The average Bonchev–Trinajstić information content (AvgIpc) is 2.64. The molecule has 0 amide bonds. The molecule has 0 bridgehead atoms. The van der Waals surface area contributed by atoms with Crippen LogP contribution in [0, 0.1) is 17.4 Å². The third-order valence-corrected chi connectivity index (χ3v) is 6.88. The van der Waals surface area contributed by atoms with Gasteiger partial charge in [-0.1, -0.05) is 24.6 Å². The topological polar surface area (TPSA) is 110 Å². The van der Waals surface area contributed by atoms with Crippen LogP contribution in [0.15, 0.2) is 29.2 Å². The summed E-state index contributed by atoms with van der Waals surface area (Å²) in [5.74, 6) is -1.32. The predicted molar refractivity (Wildman–Crippen MR) is 116 cm³/mol. The minimum absolute atomic E-state index is 0.00539. The second-order valence-electron chi connectivity index (χ2n) is 6.75. The molecule has 0 aliphatic rings. The van der Waals surface area contributed by atoms with E-state index in [1.54, 1.807) is 26.0 Å². The van der Waals surface area contributed by atoms with Gasteiger partial charge in [0.15, 0.2) is 17.2 Å². The molecule has 0 aliphatic heterocycles. The van der Waals surface area contributed by atoms with Crippen LogP contribution in [0.25, 0.3) is 0 Å². The molecule has 2 aromatic carbocycles. The highest BCUT2D eigenvalue weighted by Crippen LogP contribution is 2.48. The van der Waals surface area contributed by atoms with Crippen molar-refractivity contribution in [2.45, 2.75) is 44.4 Å². The lowest BCUT2D eigenvalue weighted by Gasteiger charge is -2.22. The van der Waals surface area contributed by atoms with Crippen molar-refractivity contribution in [1.82, 2.24) is 0 Å². The Morgan fingerprint density at radius 3 is 2.28 bits per heavy atom. The number of benzene rings is 2. The van der Waals surface area contributed by atoms with E-state index in [4.69, 9.17) is 14.0 Å². The molecule has 0 heterocycles. The van der Waals surface area contributed by atoms with Crippen molar-refractivity contribution in [2.75, 3.05) is 7.11 Å². The molecule has 1 atom stereocenters. The van der Waals surface area contributed by atoms with Gasteiger partial charge >= 0.3 is 16.1 Å². The van der Waals surface area contributed by atoms with Gasteiger partial charge in [-0.05, 0) is 60.9 Å². The van der Waals surface area contributed by atoms with E-state index >= 15 is 0 Å². The maximum Gasteiger partial charge on any atom is 0.339 e. The molecular weight excluding hydrogens is 511 g/mol. The Morgan fingerprint density at radius 2 is 1.76 bits per heavy atom. The van der Waals surface area contributed by atoms with Gasteiger partial charge in [-0.2, -0.15) is 8.42 Å². The number of phenolic OH excluding ortho intramolecular Hbond substituents is 1. The number of ether oxygens (including phenoxy) is 1. The van der Waals surface area contributed by atoms with E-state index in [-0.39, 0.29) is 40.9 Å². The molecule has 1 unspecified atom stereocenters. The number of aryl methyl sites for hydroxylation is 1. The second kappa shape index (κ2) is 9.21. The van der Waals surface area contributed by atoms with Gasteiger partial charge in [-0.15, -0.1) is 0 Å².